The van der Waals surface area contributed by atoms with E-state index >= 15 is 0 Å². The summed E-state index contributed by atoms with van der Waals surface area (Å²) < 4.78 is 20.4. The minimum atomic E-state index is -1.29. The summed E-state index contributed by atoms with van der Waals surface area (Å²) in [5.74, 6) is -1.77. The van der Waals surface area contributed by atoms with Crippen LogP contribution < -0.4 is 10.6 Å². The lowest BCUT2D eigenvalue weighted by molar-refractivity contribution is -0.139. The maximum Gasteiger partial charge on any atom is 0.326 e. The zero-order valence-corrected chi connectivity index (χ0v) is 19.2. The molecule has 0 aliphatic rings. The Bertz CT molecular complexity index is 1390. The van der Waals surface area contributed by atoms with E-state index in [0.717, 1.165) is 5.56 Å². The lowest BCUT2D eigenvalue weighted by atomic mass is 10.1. The lowest BCUT2D eigenvalue weighted by Gasteiger charge is -2.16. The van der Waals surface area contributed by atoms with Crippen LogP contribution in [0.5, 0.6) is 0 Å². The van der Waals surface area contributed by atoms with Crippen molar-refractivity contribution in [2.45, 2.75) is 19.4 Å². The molecule has 0 spiro atoms. The molecule has 1 heterocycles. The maximum absolute atomic E-state index is 14.7. The van der Waals surface area contributed by atoms with Crippen molar-refractivity contribution >= 4 is 52.0 Å². The summed E-state index contributed by atoms with van der Waals surface area (Å²) in [5.41, 5.74) is 3.01. The molecule has 10 heteroatoms. The van der Waals surface area contributed by atoms with Crippen molar-refractivity contribution in [3.8, 4) is 11.5 Å². The number of nitrogens with one attached hydrogen (secondary N) is 2. The number of rotatable bonds is 6. The first-order chi connectivity index (χ1) is 16.2. The molecule has 0 aliphatic carbocycles. The van der Waals surface area contributed by atoms with Crippen LogP contribution >= 0.6 is 23.2 Å². The van der Waals surface area contributed by atoms with Gasteiger partial charge in [-0.3, -0.25) is 0 Å². The average molecular weight is 502 g/mol. The Morgan fingerprint density at radius 2 is 1.82 bits per heavy atom. The molecule has 1 unspecified atom stereocenters. The number of benzene rings is 3. The van der Waals surface area contributed by atoms with Crippen LogP contribution in [-0.4, -0.2) is 28.1 Å². The van der Waals surface area contributed by atoms with E-state index in [1.54, 1.807) is 24.3 Å². The third kappa shape index (κ3) is 5.47. The van der Waals surface area contributed by atoms with Crippen LogP contribution in [0.4, 0.5) is 14.9 Å². The number of carbonyl (C=O) groups excluding carboxylic acids is 1. The fraction of sp³-hybridized carbons (Fsp3) is 0.125. The van der Waals surface area contributed by atoms with Crippen LogP contribution in [-0.2, 0) is 11.2 Å². The number of aromatic nitrogens is 1. The van der Waals surface area contributed by atoms with Crippen molar-refractivity contribution in [3.05, 3.63) is 81.6 Å². The van der Waals surface area contributed by atoms with E-state index in [1.807, 2.05) is 19.1 Å². The minimum Gasteiger partial charge on any atom is -0.480 e. The number of hydrogen-bond donors (Lipinski definition) is 3. The summed E-state index contributed by atoms with van der Waals surface area (Å²) in [6, 6.07) is 12.0. The van der Waals surface area contributed by atoms with Gasteiger partial charge in [0.05, 0.1) is 5.69 Å². The van der Waals surface area contributed by atoms with Gasteiger partial charge in [-0.25, -0.2) is 19.0 Å². The molecule has 0 saturated heterocycles. The number of fused-ring (bicyclic) bond motifs is 1. The molecule has 34 heavy (non-hydrogen) atoms. The number of halogens is 3. The second kappa shape index (κ2) is 9.70. The number of carbonyl (C=O) groups is 2. The second-order valence-corrected chi connectivity index (χ2v) is 8.53. The molecule has 0 fully saturated rings. The van der Waals surface area contributed by atoms with Gasteiger partial charge >= 0.3 is 12.0 Å². The second-order valence-electron chi connectivity index (χ2n) is 7.66. The molecule has 1 aromatic heterocycles. The van der Waals surface area contributed by atoms with Crippen molar-refractivity contribution in [2.24, 2.45) is 0 Å². The molecular formula is C24H18Cl2FN3O4. The molecular weight excluding hydrogens is 484 g/mol. The first-order valence-electron chi connectivity index (χ1n) is 10.1. The largest absolute Gasteiger partial charge is 0.480 e. The van der Waals surface area contributed by atoms with Crippen molar-refractivity contribution in [2.75, 3.05) is 5.32 Å². The van der Waals surface area contributed by atoms with E-state index < -0.39 is 23.9 Å². The number of aryl methyl sites for hydroxylation is 1. The van der Waals surface area contributed by atoms with Gasteiger partial charge in [-0.15, -0.1) is 0 Å². The van der Waals surface area contributed by atoms with Crippen molar-refractivity contribution in [1.29, 1.82) is 0 Å². The number of urea groups is 1. The minimum absolute atomic E-state index is 0.0678. The number of carboxylic acid groups (broad SMARTS) is 1. The highest BCUT2D eigenvalue weighted by molar-refractivity contribution is 6.34. The molecule has 2 amide bonds. The lowest BCUT2D eigenvalue weighted by Crippen LogP contribution is -2.44. The predicted octanol–water partition coefficient (Wildman–Crippen LogP) is 6.07. The standard InChI is InChI=1S/C24H18Cl2FN3O4/c1-12-2-5-21-19(6-12)28-22(34-21)14-3-4-18(17(27)10-14)29-24(33)30-20(23(31)32)9-13-7-15(25)11-16(26)8-13/h2-8,10-11,20H,9H2,1H3,(H,31,32)(H2,29,30,33). The highest BCUT2D eigenvalue weighted by atomic mass is 35.5. The number of amides is 2. The van der Waals surface area contributed by atoms with Gasteiger partial charge in [0.1, 0.15) is 17.4 Å². The smallest absolute Gasteiger partial charge is 0.326 e. The number of hydrogen-bond acceptors (Lipinski definition) is 4. The molecule has 0 aliphatic heterocycles. The Kier molecular flexibility index (Phi) is 6.72. The first kappa shape index (κ1) is 23.5. The van der Waals surface area contributed by atoms with Gasteiger partial charge in [0.2, 0.25) is 5.89 Å². The Balaban J connectivity index is 1.46. The van der Waals surface area contributed by atoms with Crippen LogP contribution in [0.2, 0.25) is 10.0 Å². The van der Waals surface area contributed by atoms with E-state index in [-0.39, 0.29) is 18.0 Å². The zero-order chi connectivity index (χ0) is 24.4. The van der Waals surface area contributed by atoms with Crippen molar-refractivity contribution in [1.82, 2.24) is 10.3 Å². The summed E-state index contributed by atoms with van der Waals surface area (Å²) in [7, 11) is 0. The van der Waals surface area contributed by atoms with Gasteiger partial charge in [-0.05, 0) is 66.6 Å². The molecule has 1 atom stereocenters. The van der Waals surface area contributed by atoms with E-state index in [0.29, 0.717) is 32.3 Å². The van der Waals surface area contributed by atoms with Crippen molar-refractivity contribution < 1.29 is 23.5 Å². The van der Waals surface area contributed by atoms with Gasteiger partial charge < -0.3 is 20.2 Å². The highest BCUT2D eigenvalue weighted by Crippen LogP contribution is 2.27. The number of anilines is 1. The van der Waals surface area contributed by atoms with Crippen molar-refractivity contribution in [3.63, 3.8) is 0 Å². The van der Waals surface area contributed by atoms with E-state index in [9.17, 15) is 19.1 Å². The summed E-state index contributed by atoms with van der Waals surface area (Å²) in [4.78, 5) is 28.4. The van der Waals surface area contributed by atoms with E-state index in [2.05, 4.69) is 15.6 Å². The van der Waals surface area contributed by atoms with Gasteiger partial charge in [-0.1, -0.05) is 29.3 Å². The van der Waals surface area contributed by atoms with Gasteiger partial charge in [-0.2, -0.15) is 0 Å². The fourth-order valence-corrected chi connectivity index (χ4v) is 3.96. The normalized spacial score (nSPS) is 11.9. The van der Waals surface area contributed by atoms with Gasteiger partial charge in [0, 0.05) is 22.0 Å². The Morgan fingerprint density at radius 3 is 2.50 bits per heavy atom. The molecule has 3 aromatic carbocycles. The number of carboxylic acids is 1. The van der Waals surface area contributed by atoms with Crippen LogP contribution in [0.3, 0.4) is 0 Å². The Hall–Kier alpha value is -3.62. The quantitative estimate of drug-likeness (QED) is 0.297. The first-order valence-corrected chi connectivity index (χ1v) is 10.9. The van der Waals surface area contributed by atoms with E-state index in [4.69, 9.17) is 27.6 Å². The SMILES string of the molecule is Cc1ccc2oc(-c3ccc(NC(=O)NC(Cc4cc(Cl)cc(Cl)c4)C(=O)O)c(F)c3)nc2c1. The third-order valence-corrected chi connectivity index (χ3v) is 5.41. The van der Waals surface area contributed by atoms with Crippen LogP contribution in [0.1, 0.15) is 11.1 Å². The van der Waals surface area contributed by atoms with Gasteiger partial charge in [0.25, 0.3) is 0 Å². The summed E-state index contributed by atoms with van der Waals surface area (Å²) in [6.45, 7) is 1.93. The molecule has 3 N–H and O–H groups in total. The van der Waals surface area contributed by atoms with Crippen LogP contribution in [0, 0.1) is 12.7 Å². The predicted molar refractivity (Wildman–Crippen MR) is 128 cm³/mol. The van der Waals surface area contributed by atoms with Crippen LogP contribution in [0.25, 0.3) is 22.6 Å². The molecule has 0 saturated carbocycles. The molecule has 0 bridgehead atoms. The number of aliphatic carboxylic acids is 1. The summed E-state index contributed by atoms with van der Waals surface area (Å²) in [5, 5.41) is 14.8. The molecule has 7 nitrogen and oxygen atoms in total. The van der Waals surface area contributed by atoms with Gasteiger partial charge in [0.15, 0.2) is 5.58 Å². The molecule has 0 radical (unpaired) electrons. The Morgan fingerprint density at radius 1 is 1.09 bits per heavy atom. The topological polar surface area (TPSA) is 104 Å². The Labute approximate surface area is 203 Å². The molecule has 174 valence electrons. The summed E-state index contributed by atoms with van der Waals surface area (Å²) in [6.07, 6.45) is -0.0678. The van der Waals surface area contributed by atoms with Crippen LogP contribution in [0.15, 0.2) is 59.0 Å². The average Bonchev–Trinajstić information content (AvgIpc) is 3.17. The highest BCUT2D eigenvalue weighted by Gasteiger charge is 2.22. The zero-order valence-electron chi connectivity index (χ0n) is 17.7. The number of nitrogens with zero attached hydrogens (tertiary/aromatic N) is 1. The fourth-order valence-electron chi connectivity index (χ4n) is 3.39. The van der Waals surface area contributed by atoms with E-state index in [1.165, 1.54) is 18.2 Å². The summed E-state index contributed by atoms with van der Waals surface area (Å²) >= 11 is 11.9. The third-order valence-electron chi connectivity index (χ3n) is 4.97. The monoisotopic (exact) mass is 501 g/mol. The molecule has 4 aromatic rings. The molecule has 4 rings (SSSR count). The number of oxazole rings is 1. The maximum atomic E-state index is 14.7.